The number of benzene rings is 1. The fourth-order valence-corrected chi connectivity index (χ4v) is 3.14. The topological polar surface area (TPSA) is 23.6 Å². The summed E-state index contributed by atoms with van der Waals surface area (Å²) in [6.07, 6.45) is 3.52. The third kappa shape index (κ3) is 4.50. The molecule has 1 saturated heterocycles. The van der Waals surface area contributed by atoms with Crippen molar-refractivity contribution in [2.75, 3.05) is 26.7 Å². The Bertz CT molecular complexity index is 550. The zero-order valence-electron chi connectivity index (χ0n) is 14.2. The fraction of sp³-hybridized carbons (Fsp3) is 0.611. The largest absolute Gasteiger partial charge is 0.338 e. The van der Waals surface area contributed by atoms with E-state index in [1.54, 1.807) is 11.9 Å². The molecule has 0 aromatic heterocycles. The number of carbonyl (C=O) groups excluding carboxylic acids is 1. The normalized spacial score (nSPS) is 20.3. The van der Waals surface area contributed by atoms with Gasteiger partial charge in [-0.3, -0.25) is 9.69 Å². The summed E-state index contributed by atoms with van der Waals surface area (Å²) < 4.78 is 26.4. The zero-order valence-corrected chi connectivity index (χ0v) is 14.2. The molecular formula is C18H26F2N2O. The van der Waals surface area contributed by atoms with Crippen molar-refractivity contribution in [3.05, 3.63) is 35.4 Å². The molecule has 128 valence electrons. The van der Waals surface area contributed by atoms with Crippen LogP contribution in [0.4, 0.5) is 8.78 Å². The Kier molecular flexibility index (Phi) is 6.10. The minimum Gasteiger partial charge on any atom is -0.338 e. The number of halogens is 2. The summed E-state index contributed by atoms with van der Waals surface area (Å²) in [5, 5.41) is 0. The van der Waals surface area contributed by atoms with E-state index in [0.717, 1.165) is 38.1 Å². The summed E-state index contributed by atoms with van der Waals surface area (Å²) in [5.74, 6) is -1.06. The van der Waals surface area contributed by atoms with Crippen LogP contribution < -0.4 is 0 Å². The summed E-state index contributed by atoms with van der Waals surface area (Å²) in [4.78, 5) is 16.3. The number of amides is 1. The van der Waals surface area contributed by atoms with Gasteiger partial charge in [-0.05, 0) is 49.9 Å². The van der Waals surface area contributed by atoms with Crippen LogP contribution in [0.3, 0.4) is 0 Å². The molecule has 1 amide bonds. The highest BCUT2D eigenvalue weighted by molar-refractivity contribution is 5.78. The monoisotopic (exact) mass is 324 g/mol. The van der Waals surface area contributed by atoms with Crippen LogP contribution in [0, 0.1) is 17.6 Å². The van der Waals surface area contributed by atoms with E-state index in [-0.39, 0.29) is 11.9 Å². The van der Waals surface area contributed by atoms with Gasteiger partial charge in [0.25, 0.3) is 0 Å². The van der Waals surface area contributed by atoms with Crippen LogP contribution in [0.5, 0.6) is 0 Å². The predicted molar refractivity (Wildman–Crippen MR) is 87.0 cm³/mol. The lowest BCUT2D eigenvalue weighted by Gasteiger charge is -2.34. The highest BCUT2D eigenvalue weighted by Crippen LogP contribution is 2.22. The van der Waals surface area contributed by atoms with E-state index < -0.39 is 11.6 Å². The first kappa shape index (κ1) is 17.9. The van der Waals surface area contributed by atoms with Crippen molar-refractivity contribution in [2.45, 2.75) is 39.2 Å². The summed E-state index contributed by atoms with van der Waals surface area (Å²) in [6, 6.07) is 3.51. The molecule has 0 radical (unpaired) electrons. The second-order valence-corrected chi connectivity index (χ2v) is 6.51. The summed E-state index contributed by atoms with van der Waals surface area (Å²) >= 11 is 0. The van der Waals surface area contributed by atoms with Crippen LogP contribution in [0.25, 0.3) is 0 Å². The zero-order chi connectivity index (χ0) is 17.0. The number of piperidine rings is 1. The molecule has 1 aromatic carbocycles. The highest BCUT2D eigenvalue weighted by Gasteiger charge is 2.24. The predicted octanol–water partition coefficient (Wildman–Crippen LogP) is 3.61. The minimum atomic E-state index is -0.878. The average Bonchev–Trinajstić information content (AvgIpc) is 2.56. The Balaban J connectivity index is 1.96. The van der Waals surface area contributed by atoms with E-state index in [9.17, 15) is 13.6 Å². The number of rotatable bonds is 5. The maximum Gasteiger partial charge on any atom is 0.236 e. The van der Waals surface area contributed by atoms with Gasteiger partial charge in [-0.1, -0.05) is 19.4 Å². The Labute approximate surface area is 137 Å². The van der Waals surface area contributed by atoms with Gasteiger partial charge in [0, 0.05) is 13.6 Å². The number of likely N-dealkylation sites (N-methyl/N-ethyl adjacent to an activating group) is 1. The Morgan fingerprint density at radius 3 is 2.78 bits per heavy atom. The third-order valence-electron chi connectivity index (χ3n) is 4.94. The van der Waals surface area contributed by atoms with Gasteiger partial charge in [0.2, 0.25) is 5.91 Å². The quantitative estimate of drug-likeness (QED) is 0.826. The van der Waals surface area contributed by atoms with Crippen LogP contribution >= 0.6 is 0 Å². The molecule has 0 spiro atoms. The van der Waals surface area contributed by atoms with Gasteiger partial charge in [-0.2, -0.15) is 0 Å². The molecule has 0 saturated carbocycles. The fourth-order valence-electron chi connectivity index (χ4n) is 3.14. The lowest BCUT2D eigenvalue weighted by Crippen LogP contribution is -2.43. The number of hydrogen-bond acceptors (Lipinski definition) is 2. The standard InChI is InChI=1S/C18H26F2N2O/c1-4-14-6-5-9-22(11-14)12-18(23)21(3)13(2)15-7-8-16(19)17(20)10-15/h7-8,10,13-14H,4-6,9,11-12H2,1-3H3. The smallest absolute Gasteiger partial charge is 0.236 e. The van der Waals surface area contributed by atoms with Crippen LogP contribution in [-0.4, -0.2) is 42.4 Å². The van der Waals surface area contributed by atoms with Crippen molar-refractivity contribution in [2.24, 2.45) is 5.92 Å². The molecule has 1 aromatic rings. The Hall–Kier alpha value is -1.49. The molecular weight excluding hydrogens is 298 g/mol. The summed E-state index contributed by atoms with van der Waals surface area (Å²) in [7, 11) is 1.72. The van der Waals surface area contributed by atoms with Crippen LogP contribution in [-0.2, 0) is 4.79 Å². The van der Waals surface area contributed by atoms with Crippen molar-refractivity contribution in [3.63, 3.8) is 0 Å². The maximum absolute atomic E-state index is 13.4. The molecule has 3 nitrogen and oxygen atoms in total. The number of nitrogens with zero attached hydrogens (tertiary/aromatic N) is 2. The number of carbonyl (C=O) groups is 1. The molecule has 5 heteroatoms. The highest BCUT2D eigenvalue weighted by atomic mass is 19.2. The molecule has 1 heterocycles. The van der Waals surface area contributed by atoms with Crippen LogP contribution in [0.15, 0.2) is 18.2 Å². The third-order valence-corrected chi connectivity index (χ3v) is 4.94. The first-order valence-corrected chi connectivity index (χ1v) is 8.35. The first-order valence-electron chi connectivity index (χ1n) is 8.35. The van der Waals surface area contributed by atoms with Crippen LogP contribution in [0.2, 0.25) is 0 Å². The molecule has 1 aliphatic heterocycles. The minimum absolute atomic E-state index is 0.0130. The molecule has 2 unspecified atom stereocenters. The molecule has 0 N–H and O–H groups in total. The molecule has 2 rings (SSSR count). The molecule has 1 aliphatic rings. The first-order chi connectivity index (χ1) is 10.9. The van der Waals surface area contributed by atoms with E-state index in [4.69, 9.17) is 0 Å². The molecule has 23 heavy (non-hydrogen) atoms. The van der Waals surface area contributed by atoms with E-state index >= 15 is 0 Å². The second kappa shape index (κ2) is 7.86. The van der Waals surface area contributed by atoms with E-state index in [2.05, 4.69) is 11.8 Å². The van der Waals surface area contributed by atoms with Gasteiger partial charge in [0.05, 0.1) is 12.6 Å². The van der Waals surface area contributed by atoms with Crippen molar-refractivity contribution in [1.82, 2.24) is 9.80 Å². The number of likely N-dealkylation sites (tertiary alicyclic amines) is 1. The summed E-state index contributed by atoms with van der Waals surface area (Å²) in [5.41, 5.74) is 0.602. The van der Waals surface area contributed by atoms with E-state index in [1.807, 2.05) is 6.92 Å². The lowest BCUT2D eigenvalue weighted by atomic mass is 9.96. The second-order valence-electron chi connectivity index (χ2n) is 6.51. The van der Waals surface area contributed by atoms with E-state index in [0.29, 0.717) is 18.0 Å². The van der Waals surface area contributed by atoms with Gasteiger partial charge in [-0.15, -0.1) is 0 Å². The Morgan fingerprint density at radius 2 is 2.13 bits per heavy atom. The SMILES string of the molecule is CCC1CCCN(CC(=O)N(C)C(C)c2ccc(F)c(F)c2)C1. The van der Waals surface area contributed by atoms with Gasteiger partial charge in [-0.25, -0.2) is 8.78 Å². The lowest BCUT2D eigenvalue weighted by molar-refractivity contribution is -0.133. The average molecular weight is 324 g/mol. The van der Waals surface area contributed by atoms with Crippen molar-refractivity contribution in [1.29, 1.82) is 0 Å². The molecule has 1 fully saturated rings. The Morgan fingerprint density at radius 1 is 1.39 bits per heavy atom. The van der Waals surface area contributed by atoms with Gasteiger partial charge < -0.3 is 4.90 Å². The molecule has 0 bridgehead atoms. The van der Waals surface area contributed by atoms with Crippen molar-refractivity contribution >= 4 is 5.91 Å². The van der Waals surface area contributed by atoms with Gasteiger partial charge in [0.15, 0.2) is 11.6 Å². The summed E-state index contributed by atoms with van der Waals surface area (Å²) in [6.45, 7) is 6.33. The van der Waals surface area contributed by atoms with Crippen LogP contribution in [0.1, 0.15) is 44.7 Å². The van der Waals surface area contributed by atoms with Crippen molar-refractivity contribution < 1.29 is 13.6 Å². The number of hydrogen-bond donors (Lipinski definition) is 0. The van der Waals surface area contributed by atoms with Crippen molar-refractivity contribution in [3.8, 4) is 0 Å². The molecule has 2 atom stereocenters. The van der Waals surface area contributed by atoms with Gasteiger partial charge >= 0.3 is 0 Å². The van der Waals surface area contributed by atoms with E-state index in [1.165, 1.54) is 12.5 Å². The molecule has 0 aliphatic carbocycles. The maximum atomic E-state index is 13.4. The van der Waals surface area contributed by atoms with Gasteiger partial charge in [0.1, 0.15) is 0 Å².